The quantitative estimate of drug-likeness (QED) is 0.705. The van der Waals surface area contributed by atoms with Gasteiger partial charge in [0.1, 0.15) is 5.75 Å². The number of hydrogen-bond donors (Lipinski definition) is 1. The Hall–Kier alpha value is -0.890. The van der Waals surface area contributed by atoms with Gasteiger partial charge in [-0.15, -0.1) is 11.8 Å². The molecule has 1 N–H and O–H groups in total. The summed E-state index contributed by atoms with van der Waals surface area (Å²) in [7, 11) is 0. The number of rotatable bonds is 2. The van der Waals surface area contributed by atoms with Crippen LogP contribution in [-0.4, -0.2) is 11.4 Å². The molecule has 0 unspecified atom stereocenters. The summed E-state index contributed by atoms with van der Waals surface area (Å²) in [6.07, 6.45) is 11.0. The largest absolute Gasteiger partial charge is 0.508 e. The van der Waals surface area contributed by atoms with Crippen molar-refractivity contribution < 1.29 is 5.11 Å². The summed E-state index contributed by atoms with van der Waals surface area (Å²) >= 11 is 1.89. The van der Waals surface area contributed by atoms with Crippen molar-refractivity contribution in [3.63, 3.8) is 0 Å². The van der Waals surface area contributed by atoms with Gasteiger partial charge in [0.25, 0.3) is 0 Å². The lowest BCUT2D eigenvalue weighted by Gasteiger charge is -2.49. The van der Waals surface area contributed by atoms with Crippen LogP contribution in [0, 0.1) is 17.3 Å². The fourth-order valence-electron chi connectivity index (χ4n) is 6.12. The Bertz CT molecular complexity index is 677. The summed E-state index contributed by atoms with van der Waals surface area (Å²) in [4.78, 5) is 0. The van der Waals surface area contributed by atoms with Crippen LogP contribution < -0.4 is 0 Å². The fraction of sp³-hybridized carbons (Fsp3) is 0.636. The van der Waals surface area contributed by atoms with Crippen LogP contribution in [0.15, 0.2) is 23.1 Å². The molecule has 0 heterocycles. The molecule has 0 radical (unpaired) electrons. The summed E-state index contributed by atoms with van der Waals surface area (Å²) in [5.74, 6) is 2.95. The molecule has 0 bridgehead atoms. The standard InChI is InChI=1S/C22H30OS/c1-4-14-11-19-15(12-21(14)23)5-7-18-17(19)9-10-22(2)16(13-24-3)6-8-20(18)22/h11-13,17-18,20,23H,4-10H2,1-3H3/b16-13+/t17-,18+,20-,22+/m0/s1. The summed E-state index contributed by atoms with van der Waals surface area (Å²) in [5.41, 5.74) is 6.31. The van der Waals surface area contributed by atoms with Crippen LogP contribution in [0.5, 0.6) is 5.75 Å². The minimum atomic E-state index is 0.451. The van der Waals surface area contributed by atoms with E-state index in [1.54, 1.807) is 11.1 Å². The van der Waals surface area contributed by atoms with E-state index in [-0.39, 0.29) is 0 Å². The first-order valence-electron chi connectivity index (χ1n) is 9.65. The van der Waals surface area contributed by atoms with E-state index >= 15 is 0 Å². The molecule has 2 fully saturated rings. The molecule has 130 valence electrons. The van der Waals surface area contributed by atoms with Crippen molar-refractivity contribution in [1.29, 1.82) is 0 Å². The second-order valence-electron chi connectivity index (χ2n) is 8.32. The van der Waals surface area contributed by atoms with Crippen molar-refractivity contribution >= 4 is 11.8 Å². The zero-order valence-corrected chi connectivity index (χ0v) is 16.1. The molecular formula is C22H30OS. The maximum Gasteiger partial charge on any atom is 0.119 e. The molecule has 0 spiro atoms. The van der Waals surface area contributed by atoms with E-state index in [1.165, 1.54) is 37.7 Å². The van der Waals surface area contributed by atoms with Gasteiger partial charge in [-0.3, -0.25) is 0 Å². The number of aromatic hydroxyl groups is 1. The Morgan fingerprint density at radius 2 is 2.08 bits per heavy atom. The van der Waals surface area contributed by atoms with E-state index in [0.717, 1.165) is 36.2 Å². The first-order valence-corrected chi connectivity index (χ1v) is 10.9. The smallest absolute Gasteiger partial charge is 0.119 e. The van der Waals surface area contributed by atoms with Gasteiger partial charge in [0.2, 0.25) is 0 Å². The minimum Gasteiger partial charge on any atom is -0.508 e. The van der Waals surface area contributed by atoms with Crippen LogP contribution in [0.25, 0.3) is 0 Å². The van der Waals surface area contributed by atoms with Gasteiger partial charge in [0, 0.05) is 0 Å². The molecule has 2 heteroatoms. The lowest BCUT2D eigenvalue weighted by atomic mass is 9.55. The molecule has 4 atom stereocenters. The molecule has 0 aliphatic heterocycles. The number of thioether (sulfide) groups is 1. The molecule has 3 aliphatic rings. The van der Waals surface area contributed by atoms with Gasteiger partial charge in [0.05, 0.1) is 0 Å². The van der Waals surface area contributed by atoms with E-state index < -0.39 is 0 Å². The normalized spacial score (nSPS) is 36.3. The monoisotopic (exact) mass is 342 g/mol. The highest BCUT2D eigenvalue weighted by molar-refractivity contribution is 8.01. The lowest BCUT2D eigenvalue weighted by Crippen LogP contribution is -2.40. The van der Waals surface area contributed by atoms with Crippen molar-refractivity contribution in [2.75, 3.05) is 6.26 Å². The summed E-state index contributed by atoms with van der Waals surface area (Å²) in [5, 5.41) is 12.7. The maximum absolute atomic E-state index is 10.2. The zero-order chi connectivity index (χ0) is 16.9. The Balaban J connectivity index is 1.70. The average molecular weight is 343 g/mol. The fourth-order valence-corrected chi connectivity index (χ4v) is 6.79. The molecule has 1 nitrogen and oxygen atoms in total. The number of phenolic OH excluding ortho intramolecular Hbond substituents is 1. The first kappa shape index (κ1) is 16.6. The van der Waals surface area contributed by atoms with Crippen LogP contribution in [0.4, 0.5) is 0 Å². The van der Waals surface area contributed by atoms with E-state index in [9.17, 15) is 5.11 Å². The molecule has 4 rings (SSSR count). The second kappa shape index (κ2) is 6.12. The third-order valence-electron chi connectivity index (χ3n) is 7.41. The SMILES string of the molecule is CCc1cc2c(cc1O)CC[C@@H]1[C@@H]2CC[C@]2(C)/C(=C/SC)CC[C@@H]12. The topological polar surface area (TPSA) is 20.2 Å². The van der Waals surface area contributed by atoms with Gasteiger partial charge in [-0.1, -0.05) is 25.5 Å². The Labute approximate surface area is 150 Å². The van der Waals surface area contributed by atoms with Gasteiger partial charge in [0.15, 0.2) is 0 Å². The van der Waals surface area contributed by atoms with E-state index in [0.29, 0.717) is 11.2 Å². The predicted octanol–water partition coefficient (Wildman–Crippen LogP) is 6.06. The minimum absolute atomic E-state index is 0.451. The van der Waals surface area contributed by atoms with Crippen LogP contribution in [0.3, 0.4) is 0 Å². The van der Waals surface area contributed by atoms with Crippen molar-refractivity contribution in [2.45, 2.75) is 64.7 Å². The molecule has 0 saturated heterocycles. The van der Waals surface area contributed by atoms with Gasteiger partial charge in [-0.25, -0.2) is 0 Å². The van der Waals surface area contributed by atoms with Crippen molar-refractivity contribution in [2.24, 2.45) is 17.3 Å². The molecule has 24 heavy (non-hydrogen) atoms. The third kappa shape index (κ3) is 2.36. The Kier molecular flexibility index (Phi) is 4.23. The van der Waals surface area contributed by atoms with Crippen LogP contribution >= 0.6 is 11.8 Å². The molecule has 2 saturated carbocycles. The number of aryl methyl sites for hydroxylation is 2. The maximum atomic E-state index is 10.2. The number of phenols is 1. The number of fused-ring (bicyclic) bond motifs is 5. The molecule has 3 aliphatic carbocycles. The Morgan fingerprint density at radius 1 is 1.25 bits per heavy atom. The van der Waals surface area contributed by atoms with E-state index in [1.807, 2.05) is 11.8 Å². The van der Waals surface area contributed by atoms with Crippen LogP contribution in [-0.2, 0) is 12.8 Å². The third-order valence-corrected chi connectivity index (χ3v) is 7.93. The number of hydrogen-bond acceptors (Lipinski definition) is 2. The summed E-state index contributed by atoms with van der Waals surface area (Å²) < 4.78 is 0. The lowest BCUT2D eigenvalue weighted by molar-refractivity contribution is 0.0815. The van der Waals surface area contributed by atoms with Gasteiger partial charge < -0.3 is 5.11 Å². The highest BCUT2D eigenvalue weighted by Crippen LogP contribution is 2.63. The van der Waals surface area contributed by atoms with Crippen molar-refractivity contribution in [3.05, 3.63) is 39.8 Å². The van der Waals surface area contributed by atoms with Crippen LogP contribution in [0.2, 0.25) is 0 Å². The van der Waals surface area contributed by atoms with E-state index in [4.69, 9.17) is 0 Å². The molecule has 0 aromatic heterocycles. The number of benzene rings is 1. The Morgan fingerprint density at radius 3 is 2.83 bits per heavy atom. The van der Waals surface area contributed by atoms with E-state index in [2.05, 4.69) is 37.6 Å². The molecular weight excluding hydrogens is 312 g/mol. The van der Waals surface area contributed by atoms with Crippen LogP contribution in [0.1, 0.15) is 68.6 Å². The summed E-state index contributed by atoms with van der Waals surface area (Å²) in [6, 6.07) is 4.42. The molecule has 1 aromatic rings. The van der Waals surface area contributed by atoms with Crippen molar-refractivity contribution in [3.8, 4) is 5.75 Å². The first-order chi connectivity index (χ1) is 11.6. The highest BCUT2D eigenvalue weighted by Gasteiger charge is 2.52. The average Bonchev–Trinajstić information content (AvgIpc) is 2.91. The predicted molar refractivity (Wildman–Crippen MR) is 104 cm³/mol. The van der Waals surface area contributed by atoms with Gasteiger partial charge in [-0.05, 0) is 103 Å². The summed E-state index contributed by atoms with van der Waals surface area (Å²) in [6.45, 7) is 4.70. The van der Waals surface area contributed by atoms with Gasteiger partial charge >= 0.3 is 0 Å². The molecule has 1 aromatic carbocycles. The second-order valence-corrected chi connectivity index (χ2v) is 9.03. The molecule has 0 amide bonds. The van der Waals surface area contributed by atoms with Gasteiger partial charge in [-0.2, -0.15) is 0 Å². The highest BCUT2D eigenvalue weighted by atomic mass is 32.2. The number of allylic oxidation sites excluding steroid dienone is 1. The van der Waals surface area contributed by atoms with Crippen molar-refractivity contribution in [1.82, 2.24) is 0 Å². The zero-order valence-electron chi connectivity index (χ0n) is 15.3.